The summed E-state index contributed by atoms with van der Waals surface area (Å²) < 4.78 is 10.3. The second-order valence-electron chi connectivity index (χ2n) is 4.35. The lowest BCUT2D eigenvalue weighted by Crippen LogP contribution is -2.19. The first-order chi connectivity index (χ1) is 8.40. The highest BCUT2D eigenvalue weighted by Crippen LogP contribution is 2.24. The molecule has 1 aliphatic heterocycles. The third kappa shape index (κ3) is 3.80. The maximum atomic E-state index is 5.35. The van der Waals surface area contributed by atoms with Gasteiger partial charge in [0, 0.05) is 51.2 Å². The quantitative estimate of drug-likeness (QED) is 0.728. The SMILES string of the molecule is COCCNCc1cnc(C2CCOCC2)[nH]1. The summed E-state index contributed by atoms with van der Waals surface area (Å²) in [5.41, 5.74) is 1.14. The first kappa shape index (κ1) is 12.5. The van der Waals surface area contributed by atoms with Crippen molar-refractivity contribution in [3.63, 3.8) is 0 Å². The van der Waals surface area contributed by atoms with Gasteiger partial charge in [-0.1, -0.05) is 0 Å². The van der Waals surface area contributed by atoms with Gasteiger partial charge in [-0.15, -0.1) is 0 Å². The Hall–Kier alpha value is -0.910. The Morgan fingerprint density at radius 1 is 1.53 bits per heavy atom. The average molecular weight is 239 g/mol. The lowest BCUT2D eigenvalue weighted by atomic mass is 10.00. The predicted molar refractivity (Wildman–Crippen MR) is 65.0 cm³/mol. The lowest BCUT2D eigenvalue weighted by molar-refractivity contribution is 0.0837. The molecule has 0 bridgehead atoms. The number of hydrogen-bond donors (Lipinski definition) is 2. The Kier molecular flexibility index (Phi) is 4.97. The Morgan fingerprint density at radius 2 is 2.35 bits per heavy atom. The maximum Gasteiger partial charge on any atom is 0.109 e. The van der Waals surface area contributed by atoms with Gasteiger partial charge in [0.15, 0.2) is 0 Å². The van der Waals surface area contributed by atoms with Crippen LogP contribution in [-0.2, 0) is 16.0 Å². The van der Waals surface area contributed by atoms with E-state index >= 15 is 0 Å². The molecule has 0 amide bonds. The summed E-state index contributed by atoms with van der Waals surface area (Å²) in [5, 5.41) is 3.30. The summed E-state index contributed by atoms with van der Waals surface area (Å²) in [6.07, 6.45) is 4.07. The third-order valence-electron chi connectivity index (χ3n) is 3.05. The van der Waals surface area contributed by atoms with Crippen LogP contribution in [0.2, 0.25) is 0 Å². The Balaban J connectivity index is 1.78. The summed E-state index contributed by atoms with van der Waals surface area (Å²) >= 11 is 0. The fourth-order valence-corrected chi connectivity index (χ4v) is 2.04. The minimum Gasteiger partial charge on any atom is -0.383 e. The van der Waals surface area contributed by atoms with E-state index in [9.17, 15) is 0 Å². The van der Waals surface area contributed by atoms with Gasteiger partial charge in [-0.3, -0.25) is 0 Å². The van der Waals surface area contributed by atoms with Crippen molar-refractivity contribution in [1.29, 1.82) is 0 Å². The topological polar surface area (TPSA) is 59.2 Å². The second kappa shape index (κ2) is 6.74. The van der Waals surface area contributed by atoms with Crippen molar-refractivity contribution in [1.82, 2.24) is 15.3 Å². The zero-order chi connectivity index (χ0) is 11.9. The van der Waals surface area contributed by atoms with E-state index in [4.69, 9.17) is 9.47 Å². The molecule has 0 aromatic carbocycles. The maximum absolute atomic E-state index is 5.35. The number of aromatic amines is 1. The van der Waals surface area contributed by atoms with Crippen molar-refractivity contribution >= 4 is 0 Å². The molecule has 96 valence electrons. The van der Waals surface area contributed by atoms with Crippen LogP contribution in [0.5, 0.6) is 0 Å². The van der Waals surface area contributed by atoms with Crippen LogP contribution in [0.25, 0.3) is 0 Å². The van der Waals surface area contributed by atoms with E-state index in [1.54, 1.807) is 7.11 Å². The number of nitrogens with zero attached hydrogens (tertiary/aromatic N) is 1. The fraction of sp³-hybridized carbons (Fsp3) is 0.750. The number of nitrogens with one attached hydrogen (secondary N) is 2. The average Bonchev–Trinajstić information content (AvgIpc) is 2.85. The smallest absolute Gasteiger partial charge is 0.109 e. The molecule has 2 heterocycles. The molecule has 0 saturated carbocycles. The largest absolute Gasteiger partial charge is 0.383 e. The van der Waals surface area contributed by atoms with E-state index in [-0.39, 0.29) is 0 Å². The van der Waals surface area contributed by atoms with E-state index in [1.807, 2.05) is 6.20 Å². The molecule has 2 N–H and O–H groups in total. The predicted octanol–water partition coefficient (Wildman–Crippen LogP) is 1.04. The van der Waals surface area contributed by atoms with Crippen molar-refractivity contribution < 1.29 is 9.47 Å². The number of rotatable bonds is 6. The van der Waals surface area contributed by atoms with Gasteiger partial charge in [0.25, 0.3) is 0 Å². The molecule has 1 fully saturated rings. The monoisotopic (exact) mass is 239 g/mol. The van der Waals surface area contributed by atoms with E-state index in [2.05, 4.69) is 15.3 Å². The van der Waals surface area contributed by atoms with Crippen LogP contribution in [0.15, 0.2) is 6.20 Å². The number of hydrogen-bond acceptors (Lipinski definition) is 4. The Bertz CT molecular complexity index is 321. The van der Waals surface area contributed by atoms with Gasteiger partial charge in [0.05, 0.1) is 6.61 Å². The standard InChI is InChI=1S/C12H21N3O2/c1-16-7-4-13-8-11-9-14-12(15-11)10-2-5-17-6-3-10/h9-10,13H,2-8H2,1H3,(H,14,15). The van der Waals surface area contributed by atoms with Crippen molar-refractivity contribution in [2.24, 2.45) is 0 Å². The summed E-state index contributed by atoms with van der Waals surface area (Å²) in [4.78, 5) is 7.85. The molecule has 17 heavy (non-hydrogen) atoms. The first-order valence-electron chi connectivity index (χ1n) is 6.21. The number of imidazole rings is 1. The van der Waals surface area contributed by atoms with Gasteiger partial charge in [-0.05, 0) is 12.8 Å². The van der Waals surface area contributed by atoms with Crippen molar-refractivity contribution in [2.75, 3.05) is 33.5 Å². The summed E-state index contributed by atoms with van der Waals surface area (Å²) in [6, 6.07) is 0. The highest BCUT2D eigenvalue weighted by molar-refractivity contribution is 5.06. The van der Waals surface area contributed by atoms with E-state index in [0.717, 1.165) is 57.3 Å². The Morgan fingerprint density at radius 3 is 3.12 bits per heavy atom. The number of methoxy groups -OCH3 is 1. The van der Waals surface area contributed by atoms with E-state index in [0.29, 0.717) is 5.92 Å². The molecule has 1 aromatic rings. The van der Waals surface area contributed by atoms with Crippen LogP contribution < -0.4 is 5.32 Å². The van der Waals surface area contributed by atoms with E-state index in [1.165, 1.54) is 0 Å². The zero-order valence-corrected chi connectivity index (χ0v) is 10.4. The van der Waals surface area contributed by atoms with Gasteiger partial charge in [-0.2, -0.15) is 0 Å². The Labute approximate surface area is 102 Å². The molecule has 0 aliphatic carbocycles. The number of ether oxygens (including phenoxy) is 2. The number of aromatic nitrogens is 2. The summed E-state index contributed by atoms with van der Waals surface area (Å²) in [7, 11) is 1.71. The molecule has 0 radical (unpaired) electrons. The van der Waals surface area contributed by atoms with Crippen molar-refractivity contribution in [2.45, 2.75) is 25.3 Å². The van der Waals surface area contributed by atoms with Crippen LogP contribution in [0.1, 0.15) is 30.3 Å². The molecule has 5 heteroatoms. The molecule has 0 spiro atoms. The van der Waals surface area contributed by atoms with Gasteiger partial charge in [-0.25, -0.2) is 4.98 Å². The normalized spacial score (nSPS) is 17.5. The zero-order valence-electron chi connectivity index (χ0n) is 10.4. The highest BCUT2D eigenvalue weighted by Gasteiger charge is 2.18. The van der Waals surface area contributed by atoms with Crippen LogP contribution in [0.4, 0.5) is 0 Å². The van der Waals surface area contributed by atoms with Crippen LogP contribution >= 0.6 is 0 Å². The molecule has 0 unspecified atom stereocenters. The first-order valence-corrected chi connectivity index (χ1v) is 6.21. The fourth-order valence-electron chi connectivity index (χ4n) is 2.04. The van der Waals surface area contributed by atoms with Gasteiger partial charge < -0.3 is 19.8 Å². The molecular formula is C12H21N3O2. The van der Waals surface area contributed by atoms with Crippen molar-refractivity contribution in [3.8, 4) is 0 Å². The minimum atomic E-state index is 0.538. The lowest BCUT2D eigenvalue weighted by Gasteiger charge is -2.19. The van der Waals surface area contributed by atoms with E-state index < -0.39 is 0 Å². The van der Waals surface area contributed by atoms with Gasteiger partial charge in [0.1, 0.15) is 5.82 Å². The highest BCUT2D eigenvalue weighted by atomic mass is 16.5. The minimum absolute atomic E-state index is 0.538. The van der Waals surface area contributed by atoms with Gasteiger partial charge in [0.2, 0.25) is 0 Å². The summed E-state index contributed by atoms with van der Waals surface area (Å²) in [6.45, 7) is 4.13. The molecular weight excluding hydrogens is 218 g/mol. The molecule has 1 aromatic heterocycles. The van der Waals surface area contributed by atoms with Crippen LogP contribution in [0.3, 0.4) is 0 Å². The number of H-pyrrole nitrogens is 1. The molecule has 5 nitrogen and oxygen atoms in total. The van der Waals surface area contributed by atoms with Gasteiger partial charge >= 0.3 is 0 Å². The molecule has 2 rings (SSSR count). The molecule has 1 saturated heterocycles. The van der Waals surface area contributed by atoms with Crippen LogP contribution in [-0.4, -0.2) is 43.4 Å². The molecule has 1 aliphatic rings. The summed E-state index contributed by atoms with van der Waals surface area (Å²) in [5.74, 6) is 1.65. The molecule has 0 atom stereocenters. The third-order valence-corrected chi connectivity index (χ3v) is 3.05. The van der Waals surface area contributed by atoms with Crippen molar-refractivity contribution in [3.05, 3.63) is 17.7 Å². The second-order valence-corrected chi connectivity index (χ2v) is 4.35. The van der Waals surface area contributed by atoms with Crippen LogP contribution in [0, 0.1) is 0 Å².